The van der Waals surface area contributed by atoms with Crippen molar-refractivity contribution in [3.8, 4) is 0 Å². The average Bonchev–Trinajstić information content (AvgIpc) is 2.52. The van der Waals surface area contributed by atoms with Crippen molar-refractivity contribution in [1.29, 1.82) is 0 Å². The number of hydrogen-bond donors (Lipinski definition) is 1. The number of carbonyl (C=O) groups is 2. The second-order valence-electron chi connectivity index (χ2n) is 4.86. The third-order valence-electron chi connectivity index (χ3n) is 3.26. The number of rotatable bonds is 5. The first-order valence-corrected chi connectivity index (χ1v) is 8.23. The van der Waals surface area contributed by atoms with Crippen LogP contribution in [0.1, 0.15) is 17.3 Å². The van der Waals surface area contributed by atoms with Gasteiger partial charge in [0.15, 0.2) is 0 Å². The summed E-state index contributed by atoms with van der Waals surface area (Å²) in [5.74, 6) is -0.326. The first kappa shape index (κ1) is 17.5. The quantitative estimate of drug-likeness (QED) is 0.835. The Morgan fingerprint density at radius 2 is 1.78 bits per heavy atom. The highest BCUT2D eigenvalue weighted by Gasteiger charge is 2.15. The van der Waals surface area contributed by atoms with Crippen LogP contribution in [0, 0.1) is 0 Å². The summed E-state index contributed by atoms with van der Waals surface area (Å²) in [6.07, 6.45) is 0. The molecule has 2 rings (SSSR count). The summed E-state index contributed by atoms with van der Waals surface area (Å²) in [5, 5.41) is 3.31. The zero-order valence-corrected chi connectivity index (χ0v) is 14.9. The van der Waals surface area contributed by atoms with Crippen molar-refractivity contribution >= 4 is 45.0 Å². The molecule has 4 nitrogen and oxygen atoms in total. The first-order chi connectivity index (χ1) is 11.0. The number of carbonyl (C=O) groups excluding carboxylic acids is 2. The van der Waals surface area contributed by atoms with Crippen molar-refractivity contribution < 1.29 is 9.59 Å². The van der Waals surface area contributed by atoms with E-state index in [1.807, 2.05) is 12.1 Å². The van der Waals surface area contributed by atoms with Gasteiger partial charge in [0.1, 0.15) is 0 Å². The molecule has 1 N–H and O–H groups in total. The fourth-order valence-electron chi connectivity index (χ4n) is 2.14. The van der Waals surface area contributed by atoms with Crippen molar-refractivity contribution in [2.75, 3.05) is 18.0 Å². The van der Waals surface area contributed by atoms with Gasteiger partial charge < -0.3 is 10.2 Å². The topological polar surface area (TPSA) is 49.4 Å². The number of para-hydroxylation sites is 1. The van der Waals surface area contributed by atoms with Gasteiger partial charge in [-0.2, -0.15) is 0 Å². The predicted octanol–water partition coefficient (Wildman–Crippen LogP) is 3.89. The molecule has 0 heterocycles. The van der Waals surface area contributed by atoms with Crippen molar-refractivity contribution in [1.82, 2.24) is 5.32 Å². The minimum Gasteiger partial charge on any atom is -0.350 e. The molecule has 23 heavy (non-hydrogen) atoms. The van der Waals surface area contributed by atoms with Crippen LogP contribution in [-0.4, -0.2) is 24.9 Å². The lowest BCUT2D eigenvalue weighted by Gasteiger charge is -2.22. The molecule has 0 atom stereocenters. The molecule has 0 unspecified atom stereocenters. The molecule has 2 amide bonds. The number of benzene rings is 2. The monoisotopic (exact) mass is 394 g/mol. The Hall–Kier alpha value is -1.85. The Labute approximate surface area is 148 Å². The van der Waals surface area contributed by atoms with E-state index in [0.29, 0.717) is 29.4 Å². The molecule has 0 fully saturated rings. The van der Waals surface area contributed by atoms with E-state index in [1.165, 1.54) is 6.92 Å². The molecule has 6 heteroatoms. The molecule has 2 aromatic carbocycles. The number of nitrogens with zero attached hydrogens (tertiary/aromatic N) is 1. The van der Waals surface area contributed by atoms with Crippen molar-refractivity contribution in [2.45, 2.75) is 6.92 Å². The summed E-state index contributed by atoms with van der Waals surface area (Å²) >= 11 is 9.48. The minimum atomic E-state index is -0.194. The van der Waals surface area contributed by atoms with E-state index in [-0.39, 0.29) is 11.8 Å². The van der Waals surface area contributed by atoms with Gasteiger partial charge in [0, 0.05) is 24.5 Å². The normalized spacial score (nSPS) is 10.2. The standard InChI is InChI=1S/C17H16BrClN2O2/c1-12(22)21(16-9-5-4-8-15(16)19)11-10-20-17(23)13-6-2-3-7-14(13)18/h2-9H,10-11H2,1H3,(H,20,23). The SMILES string of the molecule is CC(=O)N(CCNC(=O)c1ccccc1Br)c1ccccc1Cl. The van der Waals surface area contributed by atoms with E-state index in [4.69, 9.17) is 11.6 Å². The third kappa shape index (κ3) is 4.56. The molecule has 0 spiro atoms. The predicted molar refractivity (Wildman–Crippen MR) is 96.0 cm³/mol. The maximum atomic E-state index is 12.1. The van der Waals surface area contributed by atoms with Gasteiger partial charge >= 0.3 is 0 Å². The van der Waals surface area contributed by atoms with Crippen LogP contribution in [0.3, 0.4) is 0 Å². The van der Waals surface area contributed by atoms with Gasteiger partial charge in [-0.3, -0.25) is 9.59 Å². The van der Waals surface area contributed by atoms with Crippen LogP contribution in [0.2, 0.25) is 5.02 Å². The summed E-state index contributed by atoms with van der Waals surface area (Å²) < 4.78 is 0.729. The maximum Gasteiger partial charge on any atom is 0.252 e. The van der Waals surface area contributed by atoms with E-state index in [2.05, 4.69) is 21.2 Å². The van der Waals surface area contributed by atoms with Crippen molar-refractivity contribution in [2.24, 2.45) is 0 Å². The van der Waals surface area contributed by atoms with E-state index in [0.717, 1.165) is 4.47 Å². The zero-order valence-electron chi connectivity index (χ0n) is 12.6. The Balaban J connectivity index is 2.01. The van der Waals surface area contributed by atoms with E-state index < -0.39 is 0 Å². The summed E-state index contributed by atoms with van der Waals surface area (Å²) in [7, 11) is 0. The van der Waals surface area contributed by atoms with Crippen LogP contribution in [-0.2, 0) is 4.79 Å². The first-order valence-electron chi connectivity index (χ1n) is 7.06. The molecule has 2 aromatic rings. The lowest BCUT2D eigenvalue weighted by Crippen LogP contribution is -2.37. The zero-order chi connectivity index (χ0) is 16.8. The van der Waals surface area contributed by atoms with Crippen LogP contribution >= 0.6 is 27.5 Å². The van der Waals surface area contributed by atoms with Crippen molar-refractivity contribution in [3.63, 3.8) is 0 Å². The second-order valence-corrected chi connectivity index (χ2v) is 6.12. The third-order valence-corrected chi connectivity index (χ3v) is 4.27. The summed E-state index contributed by atoms with van der Waals surface area (Å²) in [6.45, 7) is 2.14. The van der Waals surface area contributed by atoms with Gasteiger partial charge in [-0.1, -0.05) is 35.9 Å². The van der Waals surface area contributed by atoms with Crippen LogP contribution < -0.4 is 10.2 Å². The number of nitrogens with one attached hydrogen (secondary N) is 1. The van der Waals surface area contributed by atoms with Gasteiger partial charge in [0.25, 0.3) is 5.91 Å². The Morgan fingerprint density at radius 1 is 1.13 bits per heavy atom. The number of halogens is 2. The molecule has 0 aliphatic rings. The second kappa shape index (κ2) is 8.13. The number of amides is 2. The minimum absolute atomic E-state index is 0.131. The Bertz CT molecular complexity index is 721. The fourth-order valence-corrected chi connectivity index (χ4v) is 2.84. The maximum absolute atomic E-state index is 12.1. The fraction of sp³-hybridized carbons (Fsp3) is 0.176. The summed E-state index contributed by atoms with van der Waals surface area (Å²) in [4.78, 5) is 25.5. The van der Waals surface area contributed by atoms with Crippen LogP contribution in [0.25, 0.3) is 0 Å². The van der Waals surface area contributed by atoms with E-state index in [9.17, 15) is 9.59 Å². The molecule has 0 aromatic heterocycles. The smallest absolute Gasteiger partial charge is 0.252 e. The van der Waals surface area contributed by atoms with Gasteiger partial charge in [0.05, 0.1) is 16.3 Å². The van der Waals surface area contributed by atoms with E-state index >= 15 is 0 Å². The lowest BCUT2D eigenvalue weighted by molar-refractivity contribution is -0.116. The lowest BCUT2D eigenvalue weighted by atomic mass is 10.2. The molecular weight excluding hydrogens is 380 g/mol. The van der Waals surface area contributed by atoms with Crippen LogP contribution in [0.4, 0.5) is 5.69 Å². The molecule has 0 aliphatic carbocycles. The van der Waals surface area contributed by atoms with E-state index in [1.54, 1.807) is 41.3 Å². The van der Waals surface area contributed by atoms with Crippen molar-refractivity contribution in [3.05, 3.63) is 63.6 Å². The molecule has 0 saturated heterocycles. The highest BCUT2D eigenvalue weighted by Crippen LogP contribution is 2.25. The molecule has 0 saturated carbocycles. The molecule has 0 aliphatic heterocycles. The summed E-state index contributed by atoms with van der Waals surface area (Å²) in [6, 6.07) is 14.3. The highest BCUT2D eigenvalue weighted by molar-refractivity contribution is 9.10. The molecular formula is C17H16BrClN2O2. The van der Waals surface area contributed by atoms with Crippen LogP contribution in [0.15, 0.2) is 53.0 Å². The van der Waals surface area contributed by atoms with Gasteiger partial charge in [-0.25, -0.2) is 0 Å². The average molecular weight is 396 g/mol. The Kier molecular flexibility index (Phi) is 6.19. The number of anilines is 1. The summed E-state index contributed by atoms with van der Waals surface area (Å²) in [5.41, 5.74) is 1.19. The van der Waals surface area contributed by atoms with Crippen LogP contribution in [0.5, 0.6) is 0 Å². The number of hydrogen-bond acceptors (Lipinski definition) is 2. The highest BCUT2D eigenvalue weighted by atomic mass is 79.9. The largest absolute Gasteiger partial charge is 0.350 e. The van der Waals surface area contributed by atoms with Gasteiger partial charge in [0.2, 0.25) is 5.91 Å². The molecule has 120 valence electrons. The Morgan fingerprint density at radius 3 is 2.43 bits per heavy atom. The molecule has 0 radical (unpaired) electrons. The van der Waals surface area contributed by atoms with Gasteiger partial charge in [-0.05, 0) is 40.2 Å². The molecule has 0 bridgehead atoms. The van der Waals surface area contributed by atoms with Gasteiger partial charge in [-0.15, -0.1) is 0 Å².